The third-order valence-corrected chi connectivity index (χ3v) is 11.3. The van der Waals surface area contributed by atoms with Crippen molar-refractivity contribution in [2.75, 3.05) is 24.7 Å². The van der Waals surface area contributed by atoms with Gasteiger partial charge in [-0.25, -0.2) is 43.5 Å². The Hall–Kier alpha value is -6.27. The summed E-state index contributed by atoms with van der Waals surface area (Å²) in [5.41, 5.74) is 11.0. The van der Waals surface area contributed by atoms with Crippen LogP contribution in [0, 0.1) is 6.57 Å². The van der Waals surface area contributed by atoms with E-state index >= 15 is 0 Å². The van der Waals surface area contributed by atoms with Crippen molar-refractivity contribution in [3.8, 4) is 11.3 Å². The number of carbonyl (C=O) groups excluding carboxylic acids is 2. The highest BCUT2D eigenvalue weighted by atomic mass is 31.2. The number of aromatic nitrogens is 7. The summed E-state index contributed by atoms with van der Waals surface area (Å²) in [5.74, 6) is -1.94. The largest absolute Gasteiger partial charge is 0.472 e. The number of allylic oxidation sites excluding steroid dienone is 1. The molecule has 3 unspecified atom stereocenters. The Morgan fingerprint density at radius 3 is 2.49 bits per heavy atom. The molecule has 2 fully saturated rings. The highest BCUT2D eigenvalue weighted by Crippen LogP contribution is 2.50. The minimum absolute atomic E-state index is 0.0154. The van der Waals surface area contributed by atoms with Gasteiger partial charge in [0.25, 0.3) is 0 Å². The maximum absolute atomic E-state index is 14.1. The van der Waals surface area contributed by atoms with Gasteiger partial charge in [-0.3, -0.25) is 27.5 Å². The number of phosphoric acid groups is 2. The van der Waals surface area contributed by atoms with Gasteiger partial charge in [-0.1, -0.05) is 30.3 Å². The highest BCUT2D eigenvalue weighted by molar-refractivity contribution is 7.47. The number of fused-ring (bicyclic) bond motifs is 1. The predicted octanol–water partition coefficient (Wildman–Crippen LogP) is 1.42. The van der Waals surface area contributed by atoms with Gasteiger partial charge in [0, 0.05) is 24.6 Å². The second-order valence-corrected chi connectivity index (χ2v) is 16.8. The first-order chi connectivity index (χ1) is 30.9. The number of imidazole rings is 1. The van der Waals surface area contributed by atoms with Crippen LogP contribution in [0.25, 0.3) is 27.3 Å². The maximum Gasteiger partial charge on any atom is 0.472 e. The number of nitrogens with two attached hydrogens (primary N) is 2. The number of nitrogens with one attached hydrogen (secondary N) is 1. The van der Waals surface area contributed by atoms with Crippen molar-refractivity contribution in [1.29, 1.82) is 0 Å². The van der Waals surface area contributed by atoms with E-state index in [9.17, 15) is 43.3 Å². The van der Waals surface area contributed by atoms with Gasteiger partial charge >= 0.3 is 27.3 Å². The Labute approximate surface area is 365 Å². The number of esters is 1. The lowest BCUT2D eigenvalue weighted by molar-refractivity contribution is -0.121. The quantitative estimate of drug-likeness (QED) is 0.0283. The van der Waals surface area contributed by atoms with Gasteiger partial charge in [0.2, 0.25) is 11.8 Å². The number of carbonyl (C=O) groups is 2. The number of amides is 1. The molecule has 2 aliphatic heterocycles. The van der Waals surface area contributed by atoms with E-state index in [1.54, 1.807) is 6.08 Å². The Morgan fingerprint density at radius 1 is 1.03 bits per heavy atom. The van der Waals surface area contributed by atoms with Crippen LogP contribution in [-0.4, -0.2) is 109 Å². The molecule has 0 aliphatic carbocycles. The number of ether oxygens (including phenoxy) is 3. The predicted molar refractivity (Wildman–Crippen MR) is 218 cm³/mol. The molecule has 344 valence electrons. The molecule has 8 atom stereocenters. The van der Waals surface area contributed by atoms with Crippen LogP contribution in [-0.2, 0) is 48.3 Å². The second kappa shape index (κ2) is 19.5. The van der Waals surface area contributed by atoms with Crippen LogP contribution in [0.2, 0.25) is 0 Å². The van der Waals surface area contributed by atoms with Crippen LogP contribution in [0.3, 0.4) is 0 Å². The monoisotopic (exact) mass is 943 g/mol. The number of oxazole rings is 1. The molecule has 0 saturated carbocycles. The van der Waals surface area contributed by atoms with Crippen molar-refractivity contribution in [2.24, 2.45) is 0 Å². The molecule has 1 aromatic carbocycles. The molecule has 9 N–H and O–H groups in total. The summed E-state index contributed by atoms with van der Waals surface area (Å²) in [6.45, 7) is 8.84. The lowest BCUT2D eigenvalue weighted by Crippen LogP contribution is -2.38. The van der Waals surface area contributed by atoms with Crippen molar-refractivity contribution in [3.63, 3.8) is 0 Å². The standard InChI is InChI=1S/C36H39N11O16P2/c1-3-4-5-24(48)40-13-25-45-27(30(61-25)18-6-8-19(39-2)9-7-18)35(50)62-31-22(60-34(29(31)49)47-17-43-28-32(38)41-16-42-33(28)47)15-58-65(55,56)63-20-12-26(46-11-10-23(37)44-36(46)51)59-21(20)14-57-64(52,53)54/h3,6-11,16-17,20-22,26,29,31,34,49H,1,4-5,12-15H2,(H,40,48)(H,55,56)(H2,37,44,51)(H2,38,41,42)(H2,52,53,54)/t20?,21-,22-,26-,29+,31?,34-/m1/s1. The summed E-state index contributed by atoms with van der Waals surface area (Å²) < 4.78 is 66.2. The topological polar surface area (TPSA) is 378 Å². The Bertz CT molecular complexity index is 2770. The van der Waals surface area contributed by atoms with Crippen LogP contribution < -0.4 is 22.5 Å². The average molecular weight is 944 g/mol. The number of anilines is 2. The van der Waals surface area contributed by atoms with E-state index in [4.69, 9.17) is 45.7 Å². The molecule has 29 heteroatoms. The Kier molecular flexibility index (Phi) is 14.0. The van der Waals surface area contributed by atoms with Crippen LogP contribution in [0.5, 0.6) is 0 Å². The van der Waals surface area contributed by atoms with Crippen LogP contribution in [0.1, 0.15) is 48.1 Å². The minimum atomic E-state index is -5.27. The van der Waals surface area contributed by atoms with Crippen molar-refractivity contribution in [1.82, 2.24) is 39.4 Å². The zero-order valence-electron chi connectivity index (χ0n) is 33.5. The van der Waals surface area contributed by atoms with E-state index in [1.807, 2.05) is 0 Å². The molecule has 7 rings (SSSR count). The van der Waals surface area contributed by atoms with Crippen molar-refractivity contribution >= 4 is 56.0 Å². The normalized spacial score (nSPS) is 22.9. The molecule has 0 radical (unpaired) electrons. The Balaban J connectivity index is 1.15. The van der Waals surface area contributed by atoms with E-state index in [0.717, 1.165) is 10.9 Å². The summed E-state index contributed by atoms with van der Waals surface area (Å²) in [5, 5.41) is 14.4. The van der Waals surface area contributed by atoms with Gasteiger partial charge in [0.05, 0.1) is 32.7 Å². The molecule has 2 saturated heterocycles. The lowest BCUT2D eigenvalue weighted by atomic mass is 10.1. The summed E-state index contributed by atoms with van der Waals surface area (Å²) in [7, 11) is -10.4. The molecule has 4 aromatic heterocycles. The van der Waals surface area contributed by atoms with Gasteiger partial charge in [0.15, 0.2) is 40.9 Å². The third kappa shape index (κ3) is 11.0. The fourth-order valence-corrected chi connectivity index (χ4v) is 8.04. The molecule has 0 spiro atoms. The average Bonchev–Trinajstić information content (AvgIpc) is 4.05. The van der Waals surface area contributed by atoms with Gasteiger partial charge in [-0.2, -0.15) is 4.98 Å². The summed E-state index contributed by atoms with van der Waals surface area (Å²) in [4.78, 5) is 92.2. The minimum Gasteiger partial charge on any atom is -0.452 e. The number of nitrogens with zero attached hydrogens (tertiary/aromatic N) is 8. The number of nitrogen functional groups attached to an aromatic ring is 2. The molecule has 27 nitrogen and oxygen atoms in total. The van der Waals surface area contributed by atoms with Gasteiger partial charge < -0.3 is 55.2 Å². The molecular weight excluding hydrogens is 904 g/mol. The van der Waals surface area contributed by atoms with Crippen molar-refractivity contribution < 1.29 is 70.7 Å². The van der Waals surface area contributed by atoms with Crippen LogP contribution in [0.4, 0.5) is 17.3 Å². The van der Waals surface area contributed by atoms with E-state index < -0.39 is 89.2 Å². The molecular formula is C36H39N11O16P2. The zero-order valence-corrected chi connectivity index (χ0v) is 35.3. The number of rotatable bonds is 18. The first-order valence-electron chi connectivity index (χ1n) is 19.1. The van der Waals surface area contributed by atoms with Crippen molar-refractivity contribution in [3.05, 3.63) is 95.3 Å². The number of phosphoric ester groups is 2. The molecule has 0 bridgehead atoms. The molecule has 1 amide bonds. The molecule has 5 aromatic rings. The van der Waals surface area contributed by atoms with Crippen molar-refractivity contribution in [2.45, 2.75) is 68.8 Å². The SMILES string of the molecule is [C-]#[N+]c1ccc(-c2oc(CNC(=O)CCC=C)nc2C(=O)OC2[C@@H](COP(=O)(O)OC3C[C@H](n4ccc(N)nc4=O)O[C@@H]3COP(=O)(O)O)O[C@@H](n3cnc4c(N)ncnc43)[C@H]2O)cc1. The van der Waals surface area contributed by atoms with Gasteiger partial charge in [0.1, 0.15) is 48.3 Å². The fourth-order valence-electron chi connectivity index (χ4n) is 6.74. The van der Waals surface area contributed by atoms with Crippen LogP contribution in [0.15, 0.2) is 71.0 Å². The molecule has 2 aliphatic rings. The molecule has 65 heavy (non-hydrogen) atoms. The first kappa shape index (κ1) is 46.7. The number of benzene rings is 1. The zero-order chi connectivity index (χ0) is 46.6. The number of aliphatic hydroxyl groups excluding tert-OH is 1. The van der Waals surface area contributed by atoms with E-state index in [0.29, 0.717) is 6.42 Å². The first-order valence-corrected chi connectivity index (χ1v) is 22.1. The summed E-state index contributed by atoms with van der Waals surface area (Å²) >= 11 is 0. The summed E-state index contributed by atoms with van der Waals surface area (Å²) in [6, 6.07) is 7.16. The number of hydrogen-bond acceptors (Lipinski definition) is 20. The number of hydrogen-bond donors (Lipinski definition) is 7. The van der Waals surface area contributed by atoms with E-state index in [1.165, 1.54) is 47.4 Å². The smallest absolute Gasteiger partial charge is 0.452 e. The van der Waals surface area contributed by atoms with E-state index in [-0.39, 0.29) is 71.0 Å². The Morgan fingerprint density at radius 2 is 1.78 bits per heavy atom. The second-order valence-electron chi connectivity index (χ2n) is 14.2. The molecule has 6 heterocycles. The van der Waals surface area contributed by atoms with Gasteiger partial charge in [-0.05, 0) is 12.5 Å². The third-order valence-electron chi connectivity index (χ3n) is 9.77. The lowest BCUT2D eigenvalue weighted by Gasteiger charge is -2.23. The highest BCUT2D eigenvalue weighted by Gasteiger charge is 2.50. The van der Waals surface area contributed by atoms with Gasteiger partial charge in [-0.15, -0.1) is 6.58 Å². The maximum atomic E-state index is 14.1. The van der Waals surface area contributed by atoms with Crippen LogP contribution >= 0.6 is 15.6 Å². The number of aliphatic hydroxyl groups is 1. The van der Waals surface area contributed by atoms with E-state index in [2.05, 4.69) is 46.2 Å². The summed E-state index contributed by atoms with van der Waals surface area (Å²) in [6.07, 6.45) is -5.53. The fraction of sp³-hybridized carbons (Fsp3) is 0.361.